The number of carbonyl (C=O) groups excluding carboxylic acids is 1. The summed E-state index contributed by atoms with van der Waals surface area (Å²) in [7, 11) is 0. The molecule has 1 aromatic rings. The van der Waals surface area contributed by atoms with E-state index in [1.807, 2.05) is 13.8 Å². The quantitative estimate of drug-likeness (QED) is 0.830. The van der Waals surface area contributed by atoms with Crippen LogP contribution in [-0.4, -0.2) is 23.2 Å². The Kier molecular flexibility index (Phi) is 3.60. The lowest BCUT2D eigenvalue weighted by molar-refractivity contribution is 0.0935. The number of nitrogens with one attached hydrogen (secondary N) is 2. The van der Waals surface area contributed by atoms with Crippen molar-refractivity contribution in [2.24, 2.45) is 5.92 Å². The highest BCUT2D eigenvalue weighted by Crippen LogP contribution is 2.39. The third-order valence-electron chi connectivity index (χ3n) is 5.70. The lowest BCUT2D eigenvalue weighted by atomic mass is 9.99. The average molecular weight is 340 g/mol. The first-order valence-corrected chi connectivity index (χ1v) is 9.04. The highest BCUT2D eigenvalue weighted by Gasteiger charge is 2.38. The van der Waals surface area contributed by atoms with Crippen molar-refractivity contribution in [2.45, 2.75) is 51.6 Å². The van der Waals surface area contributed by atoms with E-state index in [9.17, 15) is 9.59 Å². The van der Waals surface area contributed by atoms with Crippen molar-refractivity contribution in [3.63, 3.8) is 0 Å². The number of rotatable bonds is 3. The lowest BCUT2D eigenvalue weighted by Gasteiger charge is -2.28. The van der Waals surface area contributed by atoms with Crippen LogP contribution in [0.5, 0.6) is 0 Å². The highest BCUT2D eigenvalue weighted by molar-refractivity contribution is 5.95. The predicted molar refractivity (Wildman–Crippen MR) is 97.2 cm³/mol. The number of carbonyl (C=O) groups is 1. The minimum absolute atomic E-state index is 0.137. The Labute approximate surface area is 147 Å². The number of pyridine rings is 1. The van der Waals surface area contributed by atoms with Crippen LogP contribution in [0.25, 0.3) is 0 Å². The molecule has 0 radical (unpaired) electrons. The summed E-state index contributed by atoms with van der Waals surface area (Å²) in [5.74, 6) is 0.228. The summed E-state index contributed by atoms with van der Waals surface area (Å²) in [6.45, 7) is 4.41. The number of hydrogen-bond donors (Lipinski definition) is 2. The average Bonchev–Trinajstić information content (AvgIpc) is 3.26. The van der Waals surface area contributed by atoms with Crippen LogP contribution < -0.4 is 15.8 Å². The standard InChI is InChI=1S/C19H24N4O2/c1-19(2)21-17(24)14-7-8-15(18(25)23(14)19)22-10-9-13(11-20)16(22)12-5-3-4-6-12/h7-8,11-12,20H,3-6,9-10H2,1-2H3,(H,21,24). The van der Waals surface area contributed by atoms with Crippen LogP contribution in [0.3, 0.4) is 0 Å². The molecule has 25 heavy (non-hydrogen) atoms. The molecule has 0 atom stereocenters. The van der Waals surface area contributed by atoms with Gasteiger partial charge in [-0.15, -0.1) is 0 Å². The summed E-state index contributed by atoms with van der Waals surface area (Å²) in [5.41, 5.74) is 2.37. The molecule has 2 aliphatic heterocycles. The van der Waals surface area contributed by atoms with Crippen molar-refractivity contribution in [3.05, 3.63) is 39.5 Å². The number of anilines is 1. The van der Waals surface area contributed by atoms with E-state index in [-0.39, 0.29) is 11.5 Å². The van der Waals surface area contributed by atoms with E-state index >= 15 is 0 Å². The second-order valence-electron chi connectivity index (χ2n) is 7.70. The Morgan fingerprint density at radius 2 is 1.96 bits per heavy atom. The SMILES string of the molecule is CC1(C)NC(=O)c2ccc(N3CCC(C=N)=C3C3CCCC3)c(=O)n21. The number of fused-ring (bicyclic) bond motifs is 1. The highest BCUT2D eigenvalue weighted by atomic mass is 16.2. The van der Waals surface area contributed by atoms with Gasteiger partial charge in [0.25, 0.3) is 11.5 Å². The zero-order chi connectivity index (χ0) is 17.8. The summed E-state index contributed by atoms with van der Waals surface area (Å²) in [6.07, 6.45) is 6.93. The van der Waals surface area contributed by atoms with Crippen molar-refractivity contribution in [2.75, 3.05) is 11.4 Å². The van der Waals surface area contributed by atoms with Crippen molar-refractivity contribution in [1.82, 2.24) is 9.88 Å². The second kappa shape index (κ2) is 5.58. The molecule has 1 fully saturated rings. The molecule has 1 aromatic heterocycles. The van der Waals surface area contributed by atoms with Crippen LogP contribution in [0.1, 0.15) is 56.4 Å². The summed E-state index contributed by atoms with van der Waals surface area (Å²) in [4.78, 5) is 27.4. The van der Waals surface area contributed by atoms with E-state index in [0.29, 0.717) is 17.3 Å². The number of aromatic nitrogens is 1. The minimum atomic E-state index is -0.721. The maximum absolute atomic E-state index is 13.2. The van der Waals surface area contributed by atoms with E-state index in [1.54, 1.807) is 16.7 Å². The Morgan fingerprint density at radius 3 is 2.64 bits per heavy atom. The molecule has 0 aromatic carbocycles. The third kappa shape index (κ3) is 2.34. The molecule has 6 heteroatoms. The molecule has 6 nitrogen and oxygen atoms in total. The van der Waals surface area contributed by atoms with Gasteiger partial charge in [-0.3, -0.25) is 14.2 Å². The molecule has 0 spiro atoms. The fourth-order valence-corrected chi connectivity index (χ4v) is 4.60. The van der Waals surface area contributed by atoms with Gasteiger partial charge in [0.2, 0.25) is 0 Å². The molecule has 0 saturated heterocycles. The van der Waals surface area contributed by atoms with Gasteiger partial charge < -0.3 is 15.6 Å². The van der Waals surface area contributed by atoms with Gasteiger partial charge in [0.05, 0.1) is 0 Å². The zero-order valence-electron chi connectivity index (χ0n) is 14.8. The zero-order valence-corrected chi connectivity index (χ0v) is 14.8. The molecular weight excluding hydrogens is 316 g/mol. The summed E-state index contributed by atoms with van der Waals surface area (Å²) in [5, 5.41) is 10.6. The minimum Gasteiger partial charge on any atom is -0.340 e. The number of amides is 1. The van der Waals surface area contributed by atoms with Crippen LogP contribution in [0.15, 0.2) is 28.2 Å². The van der Waals surface area contributed by atoms with Crippen LogP contribution in [0.2, 0.25) is 0 Å². The first kappa shape index (κ1) is 16.1. The van der Waals surface area contributed by atoms with E-state index in [0.717, 1.165) is 37.1 Å². The molecule has 3 aliphatic rings. The normalized spacial score (nSPS) is 22.5. The lowest BCUT2D eigenvalue weighted by Crippen LogP contribution is -2.43. The molecule has 1 aliphatic carbocycles. The molecule has 1 amide bonds. The van der Waals surface area contributed by atoms with Gasteiger partial charge in [-0.25, -0.2) is 0 Å². The molecule has 0 unspecified atom stereocenters. The Balaban J connectivity index is 1.83. The van der Waals surface area contributed by atoms with E-state index < -0.39 is 5.66 Å². The maximum Gasteiger partial charge on any atom is 0.276 e. The summed E-state index contributed by atoms with van der Waals surface area (Å²) in [6, 6.07) is 3.52. The third-order valence-corrected chi connectivity index (χ3v) is 5.70. The van der Waals surface area contributed by atoms with E-state index in [2.05, 4.69) is 10.2 Å². The first-order valence-electron chi connectivity index (χ1n) is 9.04. The van der Waals surface area contributed by atoms with Crippen molar-refractivity contribution in [1.29, 1.82) is 5.41 Å². The summed E-state index contributed by atoms with van der Waals surface area (Å²) >= 11 is 0. The van der Waals surface area contributed by atoms with Gasteiger partial charge >= 0.3 is 0 Å². The first-order chi connectivity index (χ1) is 11.9. The van der Waals surface area contributed by atoms with Crippen LogP contribution in [0, 0.1) is 11.3 Å². The number of allylic oxidation sites excluding steroid dienone is 1. The Hall–Kier alpha value is -2.37. The van der Waals surface area contributed by atoms with Gasteiger partial charge in [0, 0.05) is 18.5 Å². The molecule has 4 rings (SSSR count). The van der Waals surface area contributed by atoms with Crippen molar-refractivity contribution >= 4 is 17.8 Å². The second-order valence-corrected chi connectivity index (χ2v) is 7.70. The molecular formula is C19H24N4O2. The summed E-state index contributed by atoms with van der Waals surface area (Å²) < 4.78 is 1.57. The van der Waals surface area contributed by atoms with Crippen LogP contribution >= 0.6 is 0 Å². The molecule has 0 bridgehead atoms. The monoisotopic (exact) mass is 340 g/mol. The van der Waals surface area contributed by atoms with Crippen LogP contribution in [-0.2, 0) is 5.66 Å². The van der Waals surface area contributed by atoms with Gasteiger partial charge in [0.15, 0.2) is 0 Å². The fraction of sp³-hybridized carbons (Fsp3) is 0.526. The Bertz CT molecular complexity index is 843. The van der Waals surface area contributed by atoms with Crippen LogP contribution in [0.4, 0.5) is 5.69 Å². The molecule has 3 heterocycles. The van der Waals surface area contributed by atoms with E-state index in [1.165, 1.54) is 19.1 Å². The van der Waals surface area contributed by atoms with Crippen molar-refractivity contribution < 1.29 is 4.79 Å². The topological polar surface area (TPSA) is 78.2 Å². The number of hydrogen-bond acceptors (Lipinski definition) is 4. The van der Waals surface area contributed by atoms with Crippen molar-refractivity contribution in [3.8, 4) is 0 Å². The predicted octanol–water partition coefficient (Wildman–Crippen LogP) is 2.59. The maximum atomic E-state index is 13.2. The van der Waals surface area contributed by atoms with Gasteiger partial charge in [-0.05, 0) is 56.7 Å². The van der Waals surface area contributed by atoms with Gasteiger partial charge in [-0.1, -0.05) is 12.8 Å². The molecule has 1 saturated carbocycles. The smallest absolute Gasteiger partial charge is 0.276 e. The Morgan fingerprint density at radius 1 is 1.24 bits per heavy atom. The van der Waals surface area contributed by atoms with Gasteiger partial charge in [-0.2, -0.15) is 0 Å². The fourth-order valence-electron chi connectivity index (χ4n) is 4.60. The van der Waals surface area contributed by atoms with E-state index in [4.69, 9.17) is 5.41 Å². The molecule has 132 valence electrons. The molecule has 2 N–H and O–H groups in total. The van der Waals surface area contributed by atoms with Gasteiger partial charge in [0.1, 0.15) is 17.0 Å². The largest absolute Gasteiger partial charge is 0.340 e. The number of nitrogens with zero attached hydrogens (tertiary/aromatic N) is 2.